The van der Waals surface area contributed by atoms with E-state index in [-0.39, 0.29) is 24.4 Å². The minimum atomic E-state index is -0.152. The largest absolute Gasteiger partial charge is 0.467 e. The van der Waals surface area contributed by atoms with Crippen LogP contribution in [0, 0.1) is 0 Å². The molecule has 0 aliphatic carbocycles. The summed E-state index contributed by atoms with van der Waals surface area (Å²) in [5.74, 6) is 0.422. The zero-order chi connectivity index (χ0) is 23.4. The van der Waals surface area contributed by atoms with Crippen molar-refractivity contribution in [1.82, 2.24) is 14.4 Å². The van der Waals surface area contributed by atoms with E-state index in [2.05, 4.69) is 0 Å². The molecule has 2 aromatic carbocycles. The van der Waals surface area contributed by atoms with Crippen molar-refractivity contribution < 1.29 is 14.0 Å². The molecule has 0 saturated carbocycles. The second-order valence-electron chi connectivity index (χ2n) is 8.53. The third kappa shape index (κ3) is 5.17. The maximum Gasteiger partial charge on any atom is 0.254 e. The molecule has 6 nitrogen and oxygen atoms in total. The first-order valence-electron chi connectivity index (χ1n) is 11.1. The molecule has 170 valence electrons. The van der Waals surface area contributed by atoms with Crippen LogP contribution < -0.4 is 0 Å². The number of aryl methyl sites for hydroxylation is 1. The van der Waals surface area contributed by atoms with Crippen molar-refractivity contribution in [2.45, 2.75) is 33.0 Å². The molecule has 6 heteroatoms. The molecule has 0 fully saturated rings. The molecular weight excluding hydrogens is 414 g/mol. The Morgan fingerprint density at radius 2 is 1.73 bits per heavy atom. The number of carbonyl (C=O) groups is 2. The number of hydrogen-bond donors (Lipinski definition) is 0. The summed E-state index contributed by atoms with van der Waals surface area (Å²) >= 11 is 0. The van der Waals surface area contributed by atoms with Crippen LogP contribution in [0.3, 0.4) is 0 Å². The maximum atomic E-state index is 13.5. The molecule has 2 aromatic heterocycles. The monoisotopic (exact) mass is 443 g/mol. The summed E-state index contributed by atoms with van der Waals surface area (Å²) in [4.78, 5) is 30.2. The minimum absolute atomic E-state index is 0.00550. The van der Waals surface area contributed by atoms with E-state index in [0.29, 0.717) is 24.4 Å². The summed E-state index contributed by atoms with van der Waals surface area (Å²) in [6.07, 6.45) is 3.55. The molecule has 2 heterocycles. The highest BCUT2D eigenvalue weighted by Crippen LogP contribution is 2.19. The highest BCUT2D eigenvalue weighted by Gasteiger charge is 2.25. The molecule has 0 unspecified atom stereocenters. The Hall–Kier alpha value is -3.80. The predicted molar refractivity (Wildman–Crippen MR) is 128 cm³/mol. The fraction of sp³-hybridized carbons (Fsp3) is 0.259. The third-order valence-electron chi connectivity index (χ3n) is 5.87. The molecule has 0 radical (unpaired) electrons. The Morgan fingerprint density at radius 3 is 2.39 bits per heavy atom. The standard InChI is InChI=1S/C27H29N3O3/c1-20(2)30(27(32)23-13-12-21-8-4-5-9-22(21)16-23)19-26(31)29(18-25-11-7-15-33-25)17-24-10-6-14-28(24)3/h4-16,20H,17-19H2,1-3H3. The zero-order valence-corrected chi connectivity index (χ0v) is 19.3. The van der Waals surface area contributed by atoms with Crippen molar-refractivity contribution in [1.29, 1.82) is 0 Å². The van der Waals surface area contributed by atoms with E-state index < -0.39 is 0 Å². The number of carbonyl (C=O) groups excluding carboxylic acids is 2. The van der Waals surface area contributed by atoms with Crippen LogP contribution in [0.2, 0.25) is 0 Å². The Bertz CT molecular complexity index is 1240. The third-order valence-corrected chi connectivity index (χ3v) is 5.87. The highest BCUT2D eigenvalue weighted by atomic mass is 16.3. The average Bonchev–Trinajstić information content (AvgIpc) is 3.47. The lowest BCUT2D eigenvalue weighted by Crippen LogP contribution is -2.45. The van der Waals surface area contributed by atoms with Crippen LogP contribution in [0.5, 0.6) is 0 Å². The number of furan rings is 1. The average molecular weight is 444 g/mol. The van der Waals surface area contributed by atoms with E-state index in [4.69, 9.17) is 4.42 Å². The van der Waals surface area contributed by atoms with Crippen LogP contribution in [0.15, 0.2) is 83.6 Å². The van der Waals surface area contributed by atoms with E-state index in [1.165, 1.54) is 0 Å². The fourth-order valence-corrected chi connectivity index (χ4v) is 3.90. The lowest BCUT2D eigenvalue weighted by molar-refractivity contribution is -0.133. The Kier molecular flexibility index (Phi) is 6.63. The first-order chi connectivity index (χ1) is 15.9. The topological polar surface area (TPSA) is 58.7 Å². The van der Waals surface area contributed by atoms with Crippen molar-refractivity contribution in [3.05, 3.63) is 96.2 Å². The van der Waals surface area contributed by atoms with Crippen LogP contribution >= 0.6 is 0 Å². The van der Waals surface area contributed by atoms with Gasteiger partial charge in [-0.05, 0) is 61.0 Å². The number of fused-ring (bicyclic) bond motifs is 1. The van der Waals surface area contributed by atoms with Gasteiger partial charge in [-0.15, -0.1) is 0 Å². The molecule has 2 amide bonds. The Morgan fingerprint density at radius 1 is 0.939 bits per heavy atom. The smallest absolute Gasteiger partial charge is 0.254 e. The molecule has 0 aliphatic rings. The molecule has 0 saturated heterocycles. The predicted octanol–water partition coefficient (Wildman–Crippen LogP) is 4.85. The Labute approximate surface area is 194 Å². The van der Waals surface area contributed by atoms with E-state index in [1.807, 2.05) is 98.4 Å². The molecular formula is C27H29N3O3. The lowest BCUT2D eigenvalue weighted by atomic mass is 10.1. The molecule has 4 aromatic rings. The highest BCUT2D eigenvalue weighted by molar-refractivity contribution is 6.00. The second kappa shape index (κ2) is 9.77. The van der Waals surface area contributed by atoms with Crippen molar-refractivity contribution in [2.24, 2.45) is 7.05 Å². The van der Waals surface area contributed by atoms with Crippen LogP contribution in [-0.2, 0) is 24.9 Å². The zero-order valence-electron chi connectivity index (χ0n) is 19.3. The van der Waals surface area contributed by atoms with Gasteiger partial charge in [0.15, 0.2) is 0 Å². The Balaban J connectivity index is 1.56. The quantitative estimate of drug-likeness (QED) is 0.391. The maximum absolute atomic E-state index is 13.5. The lowest BCUT2D eigenvalue weighted by Gasteiger charge is -2.30. The summed E-state index contributed by atoms with van der Waals surface area (Å²) < 4.78 is 7.48. The molecule has 0 aliphatic heterocycles. The van der Waals surface area contributed by atoms with Crippen LogP contribution in [-0.4, -0.2) is 38.8 Å². The van der Waals surface area contributed by atoms with Gasteiger partial charge in [-0.1, -0.05) is 30.3 Å². The summed E-state index contributed by atoms with van der Waals surface area (Å²) in [5.41, 5.74) is 1.59. The van der Waals surface area contributed by atoms with Gasteiger partial charge in [0.2, 0.25) is 5.91 Å². The van der Waals surface area contributed by atoms with E-state index in [0.717, 1.165) is 16.5 Å². The van der Waals surface area contributed by atoms with Gasteiger partial charge in [0.05, 0.1) is 19.4 Å². The van der Waals surface area contributed by atoms with Crippen molar-refractivity contribution >= 4 is 22.6 Å². The van der Waals surface area contributed by atoms with Gasteiger partial charge in [0.1, 0.15) is 12.3 Å². The number of benzene rings is 2. The summed E-state index contributed by atoms with van der Waals surface area (Å²) in [6, 6.07) is 21.1. The van der Waals surface area contributed by atoms with E-state index in [1.54, 1.807) is 16.1 Å². The van der Waals surface area contributed by atoms with Gasteiger partial charge in [0, 0.05) is 30.5 Å². The molecule has 33 heavy (non-hydrogen) atoms. The first-order valence-corrected chi connectivity index (χ1v) is 11.1. The van der Waals surface area contributed by atoms with Gasteiger partial charge in [0.25, 0.3) is 5.91 Å². The number of aromatic nitrogens is 1. The van der Waals surface area contributed by atoms with Gasteiger partial charge < -0.3 is 18.8 Å². The van der Waals surface area contributed by atoms with Crippen LogP contribution in [0.1, 0.15) is 35.7 Å². The molecule has 0 N–H and O–H groups in total. The van der Waals surface area contributed by atoms with Gasteiger partial charge >= 0.3 is 0 Å². The van der Waals surface area contributed by atoms with Gasteiger partial charge in [-0.3, -0.25) is 9.59 Å². The molecule has 0 spiro atoms. The second-order valence-corrected chi connectivity index (χ2v) is 8.53. The summed E-state index contributed by atoms with van der Waals surface area (Å²) in [7, 11) is 1.95. The van der Waals surface area contributed by atoms with Crippen molar-refractivity contribution in [3.8, 4) is 0 Å². The van der Waals surface area contributed by atoms with E-state index in [9.17, 15) is 9.59 Å². The molecule has 0 bridgehead atoms. The number of rotatable bonds is 8. The van der Waals surface area contributed by atoms with Crippen LogP contribution in [0.25, 0.3) is 10.8 Å². The number of amides is 2. The summed E-state index contributed by atoms with van der Waals surface area (Å²) in [5, 5.41) is 2.08. The number of hydrogen-bond acceptors (Lipinski definition) is 3. The number of nitrogens with zero attached hydrogens (tertiary/aromatic N) is 3. The molecule has 0 atom stereocenters. The normalized spacial score (nSPS) is 11.2. The minimum Gasteiger partial charge on any atom is -0.467 e. The van der Waals surface area contributed by atoms with Gasteiger partial charge in [-0.2, -0.15) is 0 Å². The van der Waals surface area contributed by atoms with Crippen molar-refractivity contribution in [3.63, 3.8) is 0 Å². The van der Waals surface area contributed by atoms with Crippen LogP contribution in [0.4, 0.5) is 0 Å². The van der Waals surface area contributed by atoms with Crippen molar-refractivity contribution in [2.75, 3.05) is 6.54 Å². The fourth-order valence-electron chi connectivity index (χ4n) is 3.90. The SMILES string of the molecule is CC(C)N(CC(=O)N(Cc1ccco1)Cc1cccn1C)C(=O)c1ccc2ccccc2c1. The first kappa shape index (κ1) is 22.4. The molecule has 4 rings (SSSR count). The summed E-state index contributed by atoms with van der Waals surface area (Å²) in [6.45, 7) is 4.63. The van der Waals surface area contributed by atoms with E-state index >= 15 is 0 Å². The van der Waals surface area contributed by atoms with Gasteiger partial charge in [-0.25, -0.2) is 0 Å².